The van der Waals surface area contributed by atoms with Crippen LogP contribution in [-0.2, 0) is 4.79 Å². The summed E-state index contributed by atoms with van der Waals surface area (Å²) in [5.41, 5.74) is 6.96. The van der Waals surface area contributed by atoms with Crippen molar-refractivity contribution in [2.45, 2.75) is 11.8 Å². The molecule has 2 atom stereocenters. The summed E-state index contributed by atoms with van der Waals surface area (Å²) in [5, 5.41) is 9.57. The van der Waals surface area contributed by atoms with E-state index in [0.717, 1.165) is 0 Å². The SMILES string of the molecule is COc1ccc(C(C#N)C(C(N)=O)c2ccc(OC)cc2)cc1. The Morgan fingerprint density at radius 2 is 1.39 bits per heavy atom. The van der Waals surface area contributed by atoms with Crippen molar-refractivity contribution in [2.75, 3.05) is 14.2 Å². The van der Waals surface area contributed by atoms with E-state index in [1.165, 1.54) is 0 Å². The minimum Gasteiger partial charge on any atom is -0.497 e. The number of rotatable bonds is 6. The number of methoxy groups -OCH3 is 2. The van der Waals surface area contributed by atoms with Gasteiger partial charge in [0, 0.05) is 0 Å². The summed E-state index contributed by atoms with van der Waals surface area (Å²) < 4.78 is 10.2. The monoisotopic (exact) mass is 310 g/mol. The van der Waals surface area contributed by atoms with Gasteiger partial charge in [-0.2, -0.15) is 5.26 Å². The molecule has 2 rings (SSSR count). The van der Waals surface area contributed by atoms with Crippen LogP contribution in [0, 0.1) is 11.3 Å². The number of nitrogens with two attached hydrogens (primary N) is 1. The number of ether oxygens (including phenoxy) is 2. The van der Waals surface area contributed by atoms with Crippen LogP contribution in [0.5, 0.6) is 11.5 Å². The molecule has 0 aromatic heterocycles. The molecule has 0 spiro atoms. The van der Waals surface area contributed by atoms with Crippen LogP contribution < -0.4 is 15.2 Å². The normalized spacial score (nSPS) is 12.7. The van der Waals surface area contributed by atoms with Crippen LogP contribution in [-0.4, -0.2) is 20.1 Å². The van der Waals surface area contributed by atoms with E-state index in [-0.39, 0.29) is 0 Å². The molecule has 2 aromatic rings. The average molecular weight is 310 g/mol. The number of amides is 1. The molecular weight excluding hydrogens is 292 g/mol. The van der Waals surface area contributed by atoms with Gasteiger partial charge in [-0.1, -0.05) is 24.3 Å². The second kappa shape index (κ2) is 7.32. The summed E-state index contributed by atoms with van der Waals surface area (Å²) in [6.45, 7) is 0. The maximum atomic E-state index is 12.0. The number of carbonyl (C=O) groups is 1. The van der Waals surface area contributed by atoms with E-state index < -0.39 is 17.7 Å². The molecule has 118 valence electrons. The fraction of sp³-hybridized carbons (Fsp3) is 0.222. The van der Waals surface area contributed by atoms with Crippen molar-refractivity contribution < 1.29 is 14.3 Å². The molecule has 0 saturated carbocycles. The Hall–Kier alpha value is -3.00. The van der Waals surface area contributed by atoms with Crippen molar-refractivity contribution in [3.05, 3.63) is 59.7 Å². The van der Waals surface area contributed by atoms with Gasteiger partial charge in [0.05, 0.1) is 32.1 Å². The van der Waals surface area contributed by atoms with Crippen LogP contribution in [0.15, 0.2) is 48.5 Å². The standard InChI is InChI=1S/C18H18N2O3/c1-22-14-7-3-12(4-8-14)16(11-19)17(18(20)21)13-5-9-15(23-2)10-6-13/h3-10,16-17H,1-2H3,(H2,20,21). The number of primary amides is 1. The zero-order valence-corrected chi connectivity index (χ0v) is 13.0. The number of nitriles is 1. The first-order valence-corrected chi connectivity index (χ1v) is 7.07. The first-order valence-electron chi connectivity index (χ1n) is 7.07. The van der Waals surface area contributed by atoms with E-state index in [1.54, 1.807) is 62.8 Å². The summed E-state index contributed by atoms with van der Waals surface area (Å²) in [6.07, 6.45) is 0. The maximum Gasteiger partial charge on any atom is 0.226 e. The number of hydrogen-bond donors (Lipinski definition) is 1. The number of nitrogens with zero attached hydrogens (tertiary/aromatic N) is 1. The Kier molecular flexibility index (Phi) is 5.21. The molecule has 0 heterocycles. The Bertz CT molecular complexity index is 703. The lowest BCUT2D eigenvalue weighted by atomic mass is 9.82. The molecular formula is C18H18N2O3. The van der Waals surface area contributed by atoms with E-state index in [2.05, 4.69) is 6.07 Å². The fourth-order valence-corrected chi connectivity index (χ4v) is 2.48. The molecule has 0 aliphatic heterocycles. The van der Waals surface area contributed by atoms with Crippen LogP contribution >= 0.6 is 0 Å². The maximum absolute atomic E-state index is 12.0. The van der Waals surface area contributed by atoms with Gasteiger partial charge in [-0.15, -0.1) is 0 Å². The lowest BCUT2D eigenvalue weighted by Gasteiger charge is -2.20. The first kappa shape index (κ1) is 16.4. The van der Waals surface area contributed by atoms with Crippen LogP contribution in [0.3, 0.4) is 0 Å². The molecule has 2 N–H and O–H groups in total. The van der Waals surface area contributed by atoms with Crippen molar-refractivity contribution in [1.82, 2.24) is 0 Å². The summed E-state index contributed by atoms with van der Waals surface area (Å²) in [5.74, 6) is -0.593. The molecule has 0 bridgehead atoms. The van der Waals surface area contributed by atoms with Crippen LogP contribution in [0.2, 0.25) is 0 Å². The van der Waals surface area contributed by atoms with E-state index in [0.29, 0.717) is 22.6 Å². The molecule has 2 aromatic carbocycles. The Morgan fingerprint density at radius 3 is 1.74 bits per heavy atom. The van der Waals surface area contributed by atoms with Crippen LogP contribution in [0.25, 0.3) is 0 Å². The highest BCUT2D eigenvalue weighted by molar-refractivity contribution is 5.84. The van der Waals surface area contributed by atoms with Crippen molar-refractivity contribution in [3.63, 3.8) is 0 Å². The van der Waals surface area contributed by atoms with Gasteiger partial charge in [-0.3, -0.25) is 4.79 Å². The molecule has 23 heavy (non-hydrogen) atoms. The fourth-order valence-electron chi connectivity index (χ4n) is 2.48. The molecule has 2 unspecified atom stereocenters. The predicted octanol–water partition coefficient (Wildman–Crippen LogP) is 2.58. The Labute approximate surface area is 135 Å². The zero-order valence-electron chi connectivity index (χ0n) is 13.0. The minimum absolute atomic E-state index is 0.544. The molecule has 5 heteroatoms. The molecule has 0 aliphatic rings. The van der Waals surface area contributed by atoms with Crippen molar-refractivity contribution >= 4 is 5.91 Å². The molecule has 5 nitrogen and oxygen atoms in total. The van der Waals surface area contributed by atoms with E-state index >= 15 is 0 Å². The van der Waals surface area contributed by atoms with Gasteiger partial charge < -0.3 is 15.2 Å². The van der Waals surface area contributed by atoms with Gasteiger partial charge in [0.25, 0.3) is 0 Å². The summed E-state index contributed by atoms with van der Waals surface area (Å²) in [4.78, 5) is 12.0. The second-order valence-corrected chi connectivity index (χ2v) is 5.03. The quantitative estimate of drug-likeness (QED) is 0.888. The Morgan fingerprint density at radius 1 is 0.957 bits per heavy atom. The average Bonchev–Trinajstić information content (AvgIpc) is 2.59. The lowest BCUT2D eigenvalue weighted by Crippen LogP contribution is -2.26. The molecule has 0 aliphatic carbocycles. The third-order valence-corrected chi connectivity index (χ3v) is 3.73. The number of carbonyl (C=O) groups excluding carboxylic acids is 1. The van der Waals surface area contributed by atoms with Gasteiger partial charge in [0.1, 0.15) is 11.5 Å². The van der Waals surface area contributed by atoms with Crippen molar-refractivity contribution in [3.8, 4) is 17.6 Å². The van der Waals surface area contributed by atoms with Gasteiger partial charge in [-0.05, 0) is 35.4 Å². The third kappa shape index (κ3) is 3.61. The molecule has 1 amide bonds. The van der Waals surface area contributed by atoms with Crippen molar-refractivity contribution in [1.29, 1.82) is 5.26 Å². The predicted molar refractivity (Wildman–Crippen MR) is 86.3 cm³/mol. The van der Waals surface area contributed by atoms with Crippen LogP contribution in [0.4, 0.5) is 0 Å². The van der Waals surface area contributed by atoms with E-state index in [4.69, 9.17) is 15.2 Å². The highest BCUT2D eigenvalue weighted by atomic mass is 16.5. The highest BCUT2D eigenvalue weighted by Crippen LogP contribution is 2.34. The smallest absolute Gasteiger partial charge is 0.226 e. The van der Waals surface area contributed by atoms with E-state index in [1.807, 2.05) is 0 Å². The number of hydrogen-bond acceptors (Lipinski definition) is 4. The lowest BCUT2D eigenvalue weighted by molar-refractivity contribution is -0.119. The largest absolute Gasteiger partial charge is 0.497 e. The van der Waals surface area contributed by atoms with E-state index in [9.17, 15) is 10.1 Å². The zero-order chi connectivity index (χ0) is 16.8. The van der Waals surface area contributed by atoms with Gasteiger partial charge in [0.15, 0.2) is 0 Å². The van der Waals surface area contributed by atoms with Crippen LogP contribution in [0.1, 0.15) is 23.0 Å². The number of benzene rings is 2. The second-order valence-electron chi connectivity index (χ2n) is 5.03. The third-order valence-electron chi connectivity index (χ3n) is 3.73. The minimum atomic E-state index is -0.737. The van der Waals surface area contributed by atoms with Gasteiger partial charge in [-0.25, -0.2) is 0 Å². The summed E-state index contributed by atoms with van der Waals surface area (Å²) >= 11 is 0. The molecule has 0 radical (unpaired) electrons. The topological polar surface area (TPSA) is 85.3 Å². The molecule has 0 fully saturated rings. The highest BCUT2D eigenvalue weighted by Gasteiger charge is 2.29. The Balaban J connectivity index is 2.40. The first-order chi connectivity index (χ1) is 11.1. The van der Waals surface area contributed by atoms with Gasteiger partial charge in [0.2, 0.25) is 5.91 Å². The summed E-state index contributed by atoms with van der Waals surface area (Å²) in [7, 11) is 3.14. The summed E-state index contributed by atoms with van der Waals surface area (Å²) in [6, 6.07) is 16.2. The van der Waals surface area contributed by atoms with Gasteiger partial charge >= 0.3 is 0 Å². The molecule has 0 saturated heterocycles. The van der Waals surface area contributed by atoms with Crippen molar-refractivity contribution in [2.24, 2.45) is 5.73 Å².